The fourth-order valence-corrected chi connectivity index (χ4v) is 5.17. The molecule has 1 aromatic rings. The van der Waals surface area contributed by atoms with Crippen LogP contribution in [0.25, 0.3) is 0 Å². The lowest BCUT2D eigenvalue weighted by Gasteiger charge is -2.38. The Morgan fingerprint density at radius 2 is 1.60 bits per heavy atom. The average Bonchev–Trinajstić information content (AvgIpc) is 2.94. The highest BCUT2D eigenvalue weighted by Gasteiger charge is 2.34. The third-order valence-corrected chi connectivity index (χ3v) is 7.23. The van der Waals surface area contributed by atoms with Gasteiger partial charge in [-0.05, 0) is 19.8 Å². The van der Waals surface area contributed by atoms with Crippen LogP contribution in [-0.4, -0.2) is 71.3 Å². The van der Waals surface area contributed by atoms with Crippen LogP contribution in [0, 0.1) is 0 Å². The highest BCUT2D eigenvalue weighted by atomic mass is 32.2. The molecule has 0 bridgehead atoms. The van der Waals surface area contributed by atoms with Crippen molar-refractivity contribution < 1.29 is 12.9 Å². The van der Waals surface area contributed by atoms with Gasteiger partial charge in [0.2, 0.25) is 5.89 Å². The molecule has 0 saturated carbocycles. The van der Waals surface area contributed by atoms with Gasteiger partial charge in [0.05, 0.1) is 6.04 Å². The number of aryl methyl sites for hydroxylation is 1. The number of rotatable bonds is 5. The Morgan fingerprint density at radius 1 is 1.00 bits per heavy atom. The van der Waals surface area contributed by atoms with Crippen molar-refractivity contribution in [2.75, 3.05) is 39.3 Å². The first-order valence-electron chi connectivity index (χ1n) is 9.34. The van der Waals surface area contributed by atoms with Gasteiger partial charge >= 0.3 is 0 Å². The molecule has 0 amide bonds. The van der Waals surface area contributed by atoms with Gasteiger partial charge in [0, 0.05) is 45.7 Å². The molecule has 0 aliphatic carbocycles. The van der Waals surface area contributed by atoms with E-state index in [-0.39, 0.29) is 6.04 Å². The third kappa shape index (κ3) is 4.21. The third-order valence-electron chi connectivity index (χ3n) is 5.20. The van der Waals surface area contributed by atoms with E-state index < -0.39 is 10.2 Å². The first-order valence-corrected chi connectivity index (χ1v) is 10.7. The Bertz CT molecular complexity index is 646. The molecule has 1 unspecified atom stereocenters. The van der Waals surface area contributed by atoms with Crippen molar-refractivity contribution in [3.63, 3.8) is 0 Å². The van der Waals surface area contributed by atoms with Crippen molar-refractivity contribution in [2.24, 2.45) is 0 Å². The molecule has 2 saturated heterocycles. The SMILES string of the molecule is CCc1noc(C(C)N2CCN(S(=O)(=O)N3CCCCCC3)CC2)n1. The van der Waals surface area contributed by atoms with E-state index in [0.29, 0.717) is 51.0 Å². The lowest BCUT2D eigenvalue weighted by molar-refractivity contribution is 0.121. The van der Waals surface area contributed by atoms with Gasteiger partial charge in [-0.1, -0.05) is 24.9 Å². The molecule has 2 aliphatic rings. The van der Waals surface area contributed by atoms with Crippen molar-refractivity contribution in [1.82, 2.24) is 23.7 Å². The van der Waals surface area contributed by atoms with Crippen molar-refractivity contribution in [2.45, 2.75) is 52.0 Å². The predicted molar refractivity (Wildman–Crippen MR) is 94.2 cm³/mol. The minimum absolute atomic E-state index is 0.0100. The van der Waals surface area contributed by atoms with Gasteiger partial charge in [0.15, 0.2) is 5.82 Å². The second-order valence-electron chi connectivity index (χ2n) is 6.83. The van der Waals surface area contributed by atoms with E-state index in [9.17, 15) is 8.42 Å². The summed E-state index contributed by atoms with van der Waals surface area (Å²) in [6.45, 7) is 7.71. The molecular formula is C16H29N5O3S. The summed E-state index contributed by atoms with van der Waals surface area (Å²) < 4.78 is 34.4. The molecular weight excluding hydrogens is 342 g/mol. The quantitative estimate of drug-likeness (QED) is 0.779. The van der Waals surface area contributed by atoms with Gasteiger partial charge in [0.1, 0.15) is 0 Å². The molecule has 8 nitrogen and oxygen atoms in total. The Morgan fingerprint density at radius 3 is 2.16 bits per heavy atom. The van der Waals surface area contributed by atoms with Gasteiger partial charge in [-0.2, -0.15) is 22.0 Å². The zero-order chi connectivity index (χ0) is 17.9. The maximum Gasteiger partial charge on any atom is 0.282 e. The topological polar surface area (TPSA) is 82.8 Å². The van der Waals surface area contributed by atoms with Gasteiger partial charge in [-0.3, -0.25) is 4.90 Å². The molecule has 2 fully saturated rings. The van der Waals surface area contributed by atoms with Crippen LogP contribution in [0.1, 0.15) is 57.3 Å². The summed E-state index contributed by atoms with van der Waals surface area (Å²) >= 11 is 0. The standard InChI is InChI=1S/C16H29N5O3S/c1-3-15-17-16(24-18-15)14(2)19-10-12-21(13-11-19)25(22,23)20-8-6-4-5-7-9-20/h14H,3-13H2,1-2H3. The van der Waals surface area contributed by atoms with E-state index in [4.69, 9.17) is 4.52 Å². The fourth-order valence-electron chi connectivity index (χ4n) is 3.49. The van der Waals surface area contributed by atoms with Crippen LogP contribution in [0.2, 0.25) is 0 Å². The zero-order valence-corrected chi connectivity index (χ0v) is 16.0. The Balaban J connectivity index is 1.59. The Kier molecular flexibility index (Phi) is 6.08. The summed E-state index contributed by atoms with van der Waals surface area (Å²) in [5.41, 5.74) is 0. The highest BCUT2D eigenvalue weighted by Crippen LogP contribution is 2.23. The normalized spacial score (nSPS) is 23.4. The number of hydrogen-bond acceptors (Lipinski definition) is 6. The van der Waals surface area contributed by atoms with Crippen molar-refractivity contribution in [3.05, 3.63) is 11.7 Å². The van der Waals surface area contributed by atoms with Crippen molar-refractivity contribution in [3.8, 4) is 0 Å². The molecule has 2 aliphatic heterocycles. The van der Waals surface area contributed by atoms with Crippen molar-refractivity contribution >= 4 is 10.2 Å². The smallest absolute Gasteiger partial charge is 0.282 e. The van der Waals surface area contributed by atoms with E-state index in [0.717, 1.165) is 32.1 Å². The van der Waals surface area contributed by atoms with Crippen LogP contribution in [0.5, 0.6) is 0 Å². The van der Waals surface area contributed by atoms with Crippen LogP contribution in [-0.2, 0) is 16.6 Å². The summed E-state index contributed by atoms with van der Waals surface area (Å²) in [6.07, 6.45) is 4.93. The molecule has 1 atom stereocenters. The molecule has 142 valence electrons. The van der Waals surface area contributed by atoms with Gasteiger partial charge in [-0.25, -0.2) is 0 Å². The Labute approximate surface area is 150 Å². The largest absolute Gasteiger partial charge is 0.338 e. The van der Waals surface area contributed by atoms with Gasteiger partial charge in [0.25, 0.3) is 10.2 Å². The first-order chi connectivity index (χ1) is 12.0. The molecule has 3 rings (SSSR count). The van der Waals surface area contributed by atoms with E-state index >= 15 is 0 Å². The zero-order valence-electron chi connectivity index (χ0n) is 15.2. The predicted octanol–water partition coefficient (Wildman–Crippen LogP) is 1.43. The van der Waals surface area contributed by atoms with E-state index in [2.05, 4.69) is 15.0 Å². The molecule has 0 N–H and O–H groups in total. The lowest BCUT2D eigenvalue weighted by Crippen LogP contribution is -2.53. The molecule has 0 spiro atoms. The summed E-state index contributed by atoms with van der Waals surface area (Å²) in [5, 5.41) is 3.95. The maximum absolute atomic E-state index is 12.9. The number of nitrogens with zero attached hydrogens (tertiary/aromatic N) is 5. The van der Waals surface area contributed by atoms with E-state index in [1.54, 1.807) is 8.61 Å². The van der Waals surface area contributed by atoms with Crippen molar-refractivity contribution in [1.29, 1.82) is 0 Å². The minimum atomic E-state index is -3.33. The summed E-state index contributed by atoms with van der Waals surface area (Å²) in [7, 11) is -3.33. The maximum atomic E-state index is 12.9. The minimum Gasteiger partial charge on any atom is -0.338 e. The summed E-state index contributed by atoms with van der Waals surface area (Å²) in [5.74, 6) is 1.32. The second kappa shape index (κ2) is 8.11. The highest BCUT2D eigenvalue weighted by molar-refractivity contribution is 7.86. The monoisotopic (exact) mass is 371 g/mol. The molecule has 0 aromatic carbocycles. The first kappa shape index (κ1) is 18.8. The number of piperazine rings is 1. The van der Waals surface area contributed by atoms with Crippen LogP contribution in [0.15, 0.2) is 4.52 Å². The number of aromatic nitrogens is 2. The van der Waals surface area contributed by atoms with Crippen LogP contribution >= 0.6 is 0 Å². The van der Waals surface area contributed by atoms with Gasteiger partial charge < -0.3 is 4.52 Å². The fraction of sp³-hybridized carbons (Fsp3) is 0.875. The molecule has 25 heavy (non-hydrogen) atoms. The van der Waals surface area contributed by atoms with E-state index in [1.165, 1.54) is 0 Å². The molecule has 1 aromatic heterocycles. The number of hydrogen-bond donors (Lipinski definition) is 0. The molecule has 3 heterocycles. The van der Waals surface area contributed by atoms with Crippen LogP contribution in [0.4, 0.5) is 0 Å². The van der Waals surface area contributed by atoms with Crippen LogP contribution < -0.4 is 0 Å². The molecule has 0 radical (unpaired) electrons. The average molecular weight is 372 g/mol. The Hall–Kier alpha value is -1.03. The molecule has 9 heteroatoms. The summed E-state index contributed by atoms with van der Waals surface area (Å²) in [4.78, 5) is 6.61. The lowest BCUT2D eigenvalue weighted by atomic mass is 10.2. The summed E-state index contributed by atoms with van der Waals surface area (Å²) in [6, 6.07) is 0.0100. The van der Waals surface area contributed by atoms with Crippen LogP contribution in [0.3, 0.4) is 0 Å². The van der Waals surface area contributed by atoms with E-state index in [1.807, 2.05) is 13.8 Å². The second-order valence-corrected chi connectivity index (χ2v) is 8.76. The van der Waals surface area contributed by atoms with Gasteiger partial charge in [-0.15, -0.1) is 0 Å².